The molecule has 0 spiro atoms. The maximum atomic E-state index is 8.70. The van der Waals surface area contributed by atoms with Crippen molar-refractivity contribution in [1.82, 2.24) is 4.90 Å². The van der Waals surface area contributed by atoms with Crippen molar-refractivity contribution in [2.75, 3.05) is 33.4 Å². The molecule has 0 saturated heterocycles. The van der Waals surface area contributed by atoms with Crippen LogP contribution in [0.2, 0.25) is 0 Å². The molecule has 0 amide bonds. The molecule has 0 aromatic rings. The summed E-state index contributed by atoms with van der Waals surface area (Å²) in [4.78, 5) is 7.17. The number of hydrogen-bond acceptors (Lipinski definition) is 4. The first-order chi connectivity index (χ1) is 7.61. The largest absolute Gasteiger partial charge is 0.395 e. The number of likely N-dealkylation sites (N-methyl/N-ethyl adjacent to an activating group) is 1. The second kappa shape index (κ2) is 9.20. The molecule has 4 nitrogen and oxygen atoms in total. The van der Waals surface area contributed by atoms with E-state index < -0.39 is 0 Å². The molecule has 0 aliphatic heterocycles. The lowest BCUT2D eigenvalue weighted by molar-refractivity contribution is 0.111. The summed E-state index contributed by atoms with van der Waals surface area (Å²) in [7, 11) is 1.93. The van der Waals surface area contributed by atoms with E-state index in [2.05, 4.69) is 17.0 Å². The third-order valence-electron chi connectivity index (χ3n) is 2.01. The second-order valence-corrected chi connectivity index (χ2v) is 3.87. The zero-order chi connectivity index (χ0) is 12.4. The predicted molar refractivity (Wildman–Crippen MR) is 66.3 cm³/mol. The minimum absolute atomic E-state index is 0.165. The highest BCUT2D eigenvalue weighted by Gasteiger charge is 2.02. The Morgan fingerprint density at radius 3 is 2.62 bits per heavy atom. The zero-order valence-corrected chi connectivity index (χ0v) is 10.7. The van der Waals surface area contributed by atoms with Gasteiger partial charge in [0.2, 0.25) is 0 Å². The van der Waals surface area contributed by atoms with Crippen molar-refractivity contribution in [3.05, 3.63) is 0 Å². The molecular weight excluding hydrogens is 204 g/mol. The van der Waals surface area contributed by atoms with Crippen LogP contribution in [0.1, 0.15) is 20.8 Å². The van der Waals surface area contributed by atoms with Crippen molar-refractivity contribution in [1.29, 1.82) is 0 Å². The molecule has 0 aromatic carbocycles. The normalized spacial score (nSPS) is 11.6. The van der Waals surface area contributed by atoms with Gasteiger partial charge in [0.25, 0.3) is 0 Å². The first-order valence-electron chi connectivity index (χ1n) is 5.53. The standard InChI is InChI=1S/C12H22N2O2/c1-5-6-12(11(2)3)13-16-10-8-14(4)7-9-15/h11,15H,7-10H2,1-4H3/b13-12+. The van der Waals surface area contributed by atoms with Gasteiger partial charge in [0.15, 0.2) is 0 Å². The highest BCUT2D eigenvalue weighted by atomic mass is 16.6. The first-order valence-corrected chi connectivity index (χ1v) is 5.53. The number of aliphatic hydroxyl groups excluding tert-OH is 1. The lowest BCUT2D eigenvalue weighted by Crippen LogP contribution is -2.25. The van der Waals surface area contributed by atoms with Crippen LogP contribution in [0, 0.1) is 17.8 Å². The summed E-state index contributed by atoms with van der Waals surface area (Å²) >= 11 is 0. The van der Waals surface area contributed by atoms with Crippen LogP contribution in [0.4, 0.5) is 0 Å². The van der Waals surface area contributed by atoms with Crippen LogP contribution in [-0.2, 0) is 4.84 Å². The highest BCUT2D eigenvalue weighted by Crippen LogP contribution is 1.97. The SMILES string of the molecule is CC#C/C(=N\OCCN(C)CCO)C(C)C. The Morgan fingerprint density at radius 1 is 1.44 bits per heavy atom. The minimum atomic E-state index is 0.165. The molecule has 0 aliphatic rings. The Kier molecular flexibility index (Phi) is 8.59. The average molecular weight is 226 g/mol. The van der Waals surface area contributed by atoms with E-state index in [1.54, 1.807) is 6.92 Å². The van der Waals surface area contributed by atoms with Crippen molar-refractivity contribution in [3.8, 4) is 11.8 Å². The van der Waals surface area contributed by atoms with Gasteiger partial charge in [-0.25, -0.2) is 0 Å². The first kappa shape index (κ1) is 14.9. The summed E-state index contributed by atoms with van der Waals surface area (Å²) in [6.07, 6.45) is 0. The number of oxime groups is 1. The zero-order valence-electron chi connectivity index (χ0n) is 10.7. The summed E-state index contributed by atoms with van der Waals surface area (Å²) < 4.78 is 0. The van der Waals surface area contributed by atoms with Crippen LogP contribution in [0.15, 0.2) is 5.16 Å². The lowest BCUT2D eigenvalue weighted by atomic mass is 10.1. The molecule has 0 unspecified atom stereocenters. The fourth-order valence-electron chi connectivity index (χ4n) is 0.995. The van der Waals surface area contributed by atoms with Crippen molar-refractivity contribution in [2.45, 2.75) is 20.8 Å². The molecule has 1 N–H and O–H groups in total. The van der Waals surface area contributed by atoms with Gasteiger partial charge in [-0.2, -0.15) is 0 Å². The summed E-state index contributed by atoms with van der Waals surface area (Å²) in [6.45, 7) is 7.92. The van der Waals surface area contributed by atoms with E-state index in [1.807, 2.05) is 25.8 Å². The van der Waals surface area contributed by atoms with Gasteiger partial charge in [-0.1, -0.05) is 24.9 Å². The van der Waals surface area contributed by atoms with Crippen LogP contribution in [0.25, 0.3) is 0 Å². The molecular formula is C12H22N2O2. The third-order valence-corrected chi connectivity index (χ3v) is 2.01. The van der Waals surface area contributed by atoms with E-state index in [0.29, 0.717) is 13.2 Å². The molecule has 0 rings (SSSR count). The van der Waals surface area contributed by atoms with E-state index in [4.69, 9.17) is 9.94 Å². The summed E-state index contributed by atoms with van der Waals surface area (Å²) in [6, 6.07) is 0. The van der Waals surface area contributed by atoms with E-state index >= 15 is 0 Å². The molecule has 4 heteroatoms. The smallest absolute Gasteiger partial charge is 0.132 e. The van der Waals surface area contributed by atoms with Crippen LogP contribution in [-0.4, -0.2) is 49.1 Å². The van der Waals surface area contributed by atoms with E-state index in [9.17, 15) is 0 Å². The van der Waals surface area contributed by atoms with E-state index in [-0.39, 0.29) is 12.5 Å². The van der Waals surface area contributed by atoms with Gasteiger partial charge >= 0.3 is 0 Å². The fourth-order valence-corrected chi connectivity index (χ4v) is 0.995. The Balaban J connectivity index is 3.90. The molecule has 16 heavy (non-hydrogen) atoms. The number of hydrogen-bond donors (Lipinski definition) is 1. The fraction of sp³-hybridized carbons (Fsp3) is 0.750. The summed E-state index contributed by atoms with van der Waals surface area (Å²) in [5, 5.41) is 12.7. The van der Waals surface area contributed by atoms with Gasteiger partial charge in [-0.15, -0.1) is 0 Å². The molecule has 0 aliphatic carbocycles. The van der Waals surface area contributed by atoms with Gasteiger partial charge in [0, 0.05) is 19.0 Å². The highest BCUT2D eigenvalue weighted by molar-refractivity contribution is 6.01. The Hall–Kier alpha value is -1.05. The molecule has 0 radical (unpaired) electrons. The van der Waals surface area contributed by atoms with Gasteiger partial charge in [0.05, 0.1) is 6.61 Å². The quantitative estimate of drug-likeness (QED) is 0.304. The third kappa shape index (κ3) is 7.27. The molecule has 0 heterocycles. The molecule has 0 bridgehead atoms. The van der Waals surface area contributed by atoms with Crippen molar-refractivity contribution >= 4 is 5.71 Å². The van der Waals surface area contributed by atoms with Crippen LogP contribution >= 0.6 is 0 Å². The van der Waals surface area contributed by atoms with Gasteiger partial charge in [-0.3, -0.25) is 0 Å². The second-order valence-electron chi connectivity index (χ2n) is 3.87. The molecule has 0 fully saturated rings. The predicted octanol–water partition coefficient (Wildman–Crippen LogP) is 0.962. The van der Waals surface area contributed by atoms with Crippen LogP contribution in [0.5, 0.6) is 0 Å². The topological polar surface area (TPSA) is 45.1 Å². The van der Waals surface area contributed by atoms with E-state index in [1.165, 1.54) is 0 Å². The number of nitrogens with zero attached hydrogens (tertiary/aromatic N) is 2. The number of rotatable bonds is 7. The maximum Gasteiger partial charge on any atom is 0.132 e. The average Bonchev–Trinajstić information content (AvgIpc) is 2.22. The Labute approximate surface area is 98.3 Å². The van der Waals surface area contributed by atoms with E-state index in [0.717, 1.165) is 12.3 Å². The molecule has 0 saturated carbocycles. The van der Waals surface area contributed by atoms with Gasteiger partial charge < -0.3 is 14.8 Å². The van der Waals surface area contributed by atoms with Crippen LogP contribution in [0.3, 0.4) is 0 Å². The van der Waals surface area contributed by atoms with Gasteiger partial charge in [0.1, 0.15) is 12.3 Å². The van der Waals surface area contributed by atoms with Crippen molar-refractivity contribution in [3.63, 3.8) is 0 Å². The minimum Gasteiger partial charge on any atom is -0.395 e. The molecule has 92 valence electrons. The van der Waals surface area contributed by atoms with Gasteiger partial charge in [-0.05, 0) is 19.9 Å². The Bertz CT molecular complexity index is 264. The van der Waals surface area contributed by atoms with Crippen LogP contribution < -0.4 is 0 Å². The number of aliphatic hydroxyl groups is 1. The lowest BCUT2D eigenvalue weighted by Gasteiger charge is -2.13. The summed E-state index contributed by atoms with van der Waals surface area (Å²) in [5.41, 5.74) is 0.771. The summed E-state index contributed by atoms with van der Waals surface area (Å²) in [5.74, 6) is 6.01. The van der Waals surface area contributed by atoms with Crippen molar-refractivity contribution < 1.29 is 9.94 Å². The molecule has 0 aromatic heterocycles. The van der Waals surface area contributed by atoms with Crippen molar-refractivity contribution in [2.24, 2.45) is 11.1 Å². The maximum absolute atomic E-state index is 8.70. The molecule has 0 atom stereocenters. The monoisotopic (exact) mass is 226 g/mol. The Morgan fingerprint density at radius 2 is 2.12 bits per heavy atom.